The monoisotopic (exact) mass is 198 g/mol. The standard InChI is InChI=1S/C10H18N2S/c1-4-6-11-10-12-9(7-13-10)8(3)5-2/h7-8H,4-6H2,1-3H3,(H,11,12). The Morgan fingerprint density at radius 1 is 1.54 bits per heavy atom. The summed E-state index contributed by atoms with van der Waals surface area (Å²) in [5, 5.41) is 6.53. The first kappa shape index (κ1) is 10.5. The van der Waals surface area contributed by atoms with Crippen LogP contribution in [0.1, 0.15) is 45.2 Å². The van der Waals surface area contributed by atoms with Crippen LogP contribution in [-0.2, 0) is 0 Å². The lowest BCUT2D eigenvalue weighted by Crippen LogP contribution is -1.99. The molecule has 1 rings (SSSR count). The second kappa shape index (κ2) is 5.22. The number of nitrogens with one attached hydrogen (secondary N) is 1. The fraction of sp³-hybridized carbons (Fsp3) is 0.700. The van der Waals surface area contributed by atoms with E-state index in [1.807, 2.05) is 0 Å². The Balaban J connectivity index is 2.53. The van der Waals surface area contributed by atoms with Crippen LogP contribution in [0, 0.1) is 0 Å². The molecule has 1 N–H and O–H groups in total. The maximum Gasteiger partial charge on any atom is 0.182 e. The minimum atomic E-state index is 0.591. The predicted octanol–water partition coefficient (Wildman–Crippen LogP) is 3.48. The van der Waals surface area contributed by atoms with Gasteiger partial charge in [-0.1, -0.05) is 20.8 Å². The van der Waals surface area contributed by atoms with Crippen molar-refractivity contribution in [2.45, 2.75) is 39.5 Å². The maximum absolute atomic E-state index is 4.53. The quantitative estimate of drug-likeness (QED) is 0.783. The van der Waals surface area contributed by atoms with Crippen LogP contribution in [0.25, 0.3) is 0 Å². The fourth-order valence-electron chi connectivity index (χ4n) is 1.03. The largest absolute Gasteiger partial charge is 0.362 e. The van der Waals surface area contributed by atoms with Crippen LogP contribution in [0.15, 0.2) is 5.38 Å². The number of hydrogen-bond acceptors (Lipinski definition) is 3. The van der Waals surface area contributed by atoms with Crippen molar-refractivity contribution in [1.29, 1.82) is 0 Å². The number of thiazole rings is 1. The van der Waals surface area contributed by atoms with Gasteiger partial charge in [-0.05, 0) is 18.8 Å². The molecule has 1 aromatic heterocycles. The topological polar surface area (TPSA) is 24.9 Å². The van der Waals surface area contributed by atoms with Crippen molar-refractivity contribution in [3.63, 3.8) is 0 Å². The normalized spacial score (nSPS) is 12.8. The second-order valence-electron chi connectivity index (χ2n) is 3.31. The average Bonchev–Trinajstić information content (AvgIpc) is 2.62. The lowest BCUT2D eigenvalue weighted by Gasteiger charge is -2.02. The van der Waals surface area contributed by atoms with Gasteiger partial charge in [-0.15, -0.1) is 11.3 Å². The van der Waals surface area contributed by atoms with E-state index in [4.69, 9.17) is 0 Å². The number of rotatable bonds is 5. The van der Waals surface area contributed by atoms with Gasteiger partial charge in [-0.3, -0.25) is 0 Å². The Kier molecular flexibility index (Phi) is 4.22. The van der Waals surface area contributed by atoms with Crippen LogP contribution in [0.2, 0.25) is 0 Å². The number of anilines is 1. The van der Waals surface area contributed by atoms with Crippen LogP contribution < -0.4 is 5.32 Å². The zero-order valence-corrected chi connectivity index (χ0v) is 9.45. The predicted molar refractivity (Wildman–Crippen MR) is 59.6 cm³/mol. The summed E-state index contributed by atoms with van der Waals surface area (Å²) in [5.74, 6) is 0.591. The molecular weight excluding hydrogens is 180 g/mol. The van der Waals surface area contributed by atoms with E-state index >= 15 is 0 Å². The van der Waals surface area contributed by atoms with Crippen molar-refractivity contribution in [2.75, 3.05) is 11.9 Å². The van der Waals surface area contributed by atoms with Crippen molar-refractivity contribution in [1.82, 2.24) is 4.98 Å². The van der Waals surface area contributed by atoms with Crippen molar-refractivity contribution >= 4 is 16.5 Å². The molecule has 74 valence electrons. The first-order chi connectivity index (χ1) is 6.27. The van der Waals surface area contributed by atoms with Gasteiger partial charge in [0, 0.05) is 11.9 Å². The van der Waals surface area contributed by atoms with Crippen LogP contribution >= 0.6 is 11.3 Å². The average molecular weight is 198 g/mol. The molecule has 1 unspecified atom stereocenters. The summed E-state index contributed by atoms with van der Waals surface area (Å²) in [6.07, 6.45) is 2.31. The van der Waals surface area contributed by atoms with E-state index in [2.05, 4.69) is 36.5 Å². The molecule has 0 bridgehead atoms. The summed E-state index contributed by atoms with van der Waals surface area (Å²) in [4.78, 5) is 4.53. The molecular formula is C10H18N2S. The lowest BCUT2D eigenvalue weighted by atomic mass is 10.1. The molecule has 1 atom stereocenters. The highest BCUT2D eigenvalue weighted by Crippen LogP contribution is 2.23. The van der Waals surface area contributed by atoms with Gasteiger partial charge in [0.2, 0.25) is 0 Å². The Morgan fingerprint density at radius 2 is 2.31 bits per heavy atom. The van der Waals surface area contributed by atoms with Crippen LogP contribution in [-0.4, -0.2) is 11.5 Å². The van der Waals surface area contributed by atoms with E-state index in [9.17, 15) is 0 Å². The highest BCUT2D eigenvalue weighted by Gasteiger charge is 2.07. The molecule has 0 fully saturated rings. The highest BCUT2D eigenvalue weighted by atomic mass is 32.1. The van der Waals surface area contributed by atoms with E-state index in [-0.39, 0.29) is 0 Å². The van der Waals surface area contributed by atoms with Gasteiger partial charge in [-0.25, -0.2) is 4.98 Å². The molecule has 0 spiro atoms. The van der Waals surface area contributed by atoms with Gasteiger partial charge >= 0.3 is 0 Å². The van der Waals surface area contributed by atoms with Crippen molar-refractivity contribution in [3.8, 4) is 0 Å². The van der Waals surface area contributed by atoms with E-state index < -0.39 is 0 Å². The SMILES string of the molecule is CCCNc1nc(C(C)CC)cs1. The van der Waals surface area contributed by atoms with Crippen molar-refractivity contribution < 1.29 is 0 Å². The zero-order valence-electron chi connectivity index (χ0n) is 8.63. The smallest absolute Gasteiger partial charge is 0.182 e. The summed E-state index contributed by atoms with van der Waals surface area (Å²) in [6.45, 7) is 7.60. The third-order valence-electron chi connectivity index (χ3n) is 2.17. The number of aromatic nitrogens is 1. The molecule has 0 saturated heterocycles. The summed E-state index contributed by atoms with van der Waals surface area (Å²) < 4.78 is 0. The van der Waals surface area contributed by atoms with Crippen LogP contribution in [0.5, 0.6) is 0 Å². The van der Waals surface area contributed by atoms with Gasteiger partial charge < -0.3 is 5.32 Å². The zero-order chi connectivity index (χ0) is 9.68. The molecule has 0 aliphatic rings. The van der Waals surface area contributed by atoms with Gasteiger partial charge in [0.1, 0.15) is 0 Å². The first-order valence-electron chi connectivity index (χ1n) is 4.97. The van der Waals surface area contributed by atoms with Gasteiger partial charge in [0.15, 0.2) is 5.13 Å². The Hall–Kier alpha value is -0.570. The summed E-state index contributed by atoms with van der Waals surface area (Å²) in [6, 6.07) is 0. The van der Waals surface area contributed by atoms with Crippen molar-refractivity contribution in [3.05, 3.63) is 11.1 Å². The van der Waals surface area contributed by atoms with E-state index in [0.717, 1.165) is 24.5 Å². The van der Waals surface area contributed by atoms with E-state index in [1.165, 1.54) is 5.69 Å². The lowest BCUT2D eigenvalue weighted by molar-refractivity contribution is 0.714. The third kappa shape index (κ3) is 2.99. The molecule has 1 aromatic rings. The van der Waals surface area contributed by atoms with Crippen molar-refractivity contribution in [2.24, 2.45) is 0 Å². The molecule has 3 heteroatoms. The van der Waals surface area contributed by atoms with Gasteiger partial charge in [0.25, 0.3) is 0 Å². The second-order valence-corrected chi connectivity index (χ2v) is 4.17. The number of hydrogen-bond donors (Lipinski definition) is 1. The number of nitrogens with zero attached hydrogens (tertiary/aromatic N) is 1. The molecule has 0 amide bonds. The van der Waals surface area contributed by atoms with Crippen LogP contribution in [0.4, 0.5) is 5.13 Å². The molecule has 0 saturated carbocycles. The maximum atomic E-state index is 4.53. The molecule has 2 nitrogen and oxygen atoms in total. The molecule has 13 heavy (non-hydrogen) atoms. The highest BCUT2D eigenvalue weighted by molar-refractivity contribution is 7.13. The molecule has 1 heterocycles. The summed E-state index contributed by atoms with van der Waals surface area (Å²) in [7, 11) is 0. The minimum absolute atomic E-state index is 0.591. The summed E-state index contributed by atoms with van der Waals surface area (Å²) in [5.41, 5.74) is 1.23. The van der Waals surface area contributed by atoms with E-state index in [1.54, 1.807) is 11.3 Å². The Morgan fingerprint density at radius 3 is 2.92 bits per heavy atom. The van der Waals surface area contributed by atoms with Crippen LogP contribution in [0.3, 0.4) is 0 Å². The first-order valence-corrected chi connectivity index (χ1v) is 5.85. The van der Waals surface area contributed by atoms with E-state index in [0.29, 0.717) is 5.92 Å². The molecule has 0 aliphatic carbocycles. The Bertz CT molecular complexity index is 245. The molecule has 0 aromatic carbocycles. The summed E-state index contributed by atoms with van der Waals surface area (Å²) >= 11 is 1.71. The Labute approximate surface area is 84.4 Å². The third-order valence-corrected chi connectivity index (χ3v) is 2.98. The fourth-order valence-corrected chi connectivity index (χ4v) is 1.90. The minimum Gasteiger partial charge on any atom is -0.362 e. The van der Waals surface area contributed by atoms with Gasteiger partial charge in [0.05, 0.1) is 5.69 Å². The molecule has 0 aliphatic heterocycles. The molecule has 0 radical (unpaired) electrons. The van der Waals surface area contributed by atoms with Gasteiger partial charge in [-0.2, -0.15) is 0 Å².